The van der Waals surface area contributed by atoms with Crippen molar-refractivity contribution in [1.29, 1.82) is 5.26 Å². The van der Waals surface area contributed by atoms with Crippen molar-refractivity contribution in [2.24, 2.45) is 5.92 Å². The van der Waals surface area contributed by atoms with Gasteiger partial charge in [0.25, 0.3) is 0 Å². The molecule has 1 amide bonds. The lowest BCUT2D eigenvalue weighted by Gasteiger charge is -2.31. The lowest BCUT2D eigenvalue weighted by Crippen LogP contribution is -2.38. The third kappa shape index (κ3) is 4.82. The van der Waals surface area contributed by atoms with Gasteiger partial charge in [0.15, 0.2) is 5.82 Å². The van der Waals surface area contributed by atoms with Gasteiger partial charge in [0.2, 0.25) is 5.91 Å². The molecule has 1 N–H and O–H groups in total. The Kier molecular flexibility index (Phi) is 6.52. The zero-order valence-corrected chi connectivity index (χ0v) is 18.3. The number of hydrogen-bond acceptors (Lipinski definition) is 6. The molecule has 1 saturated heterocycles. The van der Waals surface area contributed by atoms with E-state index in [0.29, 0.717) is 42.2 Å². The Balaban J connectivity index is 1.35. The third-order valence-electron chi connectivity index (χ3n) is 5.59. The van der Waals surface area contributed by atoms with Crippen molar-refractivity contribution in [1.82, 2.24) is 10.2 Å². The second-order valence-electron chi connectivity index (χ2n) is 7.56. The summed E-state index contributed by atoms with van der Waals surface area (Å²) in [6.45, 7) is 1.41. The van der Waals surface area contributed by atoms with Crippen LogP contribution in [0.15, 0.2) is 54.6 Å². The van der Waals surface area contributed by atoms with Crippen LogP contribution in [-0.4, -0.2) is 36.3 Å². The number of halogens is 1. The molecule has 32 heavy (non-hydrogen) atoms. The van der Waals surface area contributed by atoms with Gasteiger partial charge in [0.1, 0.15) is 11.8 Å². The maximum atomic E-state index is 12.7. The molecule has 3 aromatic rings. The summed E-state index contributed by atoms with van der Waals surface area (Å²) in [6, 6.07) is 18.5. The molecular formula is C24H22ClN5O2. The molecule has 0 atom stereocenters. The summed E-state index contributed by atoms with van der Waals surface area (Å²) < 4.78 is 5.19. The van der Waals surface area contributed by atoms with Gasteiger partial charge < -0.3 is 15.0 Å². The van der Waals surface area contributed by atoms with E-state index in [-0.39, 0.29) is 11.8 Å². The first-order chi connectivity index (χ1) is 15.6. The van der Waals surface area contributed by atoms with E-state index in [1.54, 1.807) is 25.3 Å². The lowest BCUT2D eigenvalue weighted by molar-refractivity contribution is -0.120. The average molecular weight is 448 g/mol. The van der Waals surface area contributed by atoms with Crippen LogP contribution >= 0.6 is 11.6 Å². The van der Waals surface area contributed by atoms with E-state index < -0.39 is 0 Å². The zero-order valence-electron chi connectivity index (χ0n) is 17.6. The predicted molar refractivity (Wildman–Crippen MR) is 124 cm³/mol. The van der Waals surface area contributed by atoms with E-state index in [9.17, 15) is 10.1 Å². The number of hydrogen-bond donors (Lipinski definition) is 1. The normalized spacial score (nSPS) is 14.0. The predicted octanol–water partition coefficient (Wildman–Crippen LogP) is 4.53. The summed E-state index contributed by atoms with van der Waals surface area (Å²) in [7, 11) is 1.64. The lowest BCUT2D eigenvalue weighted by atomic mass is 9.95. The van der Waals surface area contributed by atoms with Crippen molar-refractivity contribution in [3.8, 4) is 23.1 Å². The second kappa shape index (κ2) is 9.67. The monoisotopic (exact) mass is 447 g/mol. The number of piperidine rings is 1. The van der Waals surface area contributed by atoms with Crippen LogP contribution in [0.5, 0.6) is 5.75 Å². The smallest absolute Gasteiger partial charge is 0.227 e. The molecule has 2 aromatic carbocycles. The summed E-state index contributed by atoms with van der Waals surface area (Å²) >= 11 is 6.01. The Morgan fingerprint density at radius 1 is 1.12 bits per heavy atom. The summed E-state index contributed by atoms with van der Waals surface area (Å²) in [4.78, 5) is 14.9. The minimum Gasteiger partial charge on any atom is -0.497 e. The molecule has 0 saturated carbocycles. The highest BCUT2D eigenvalue weighted by atomic mass is 35.5. The van der Waals surface area contributed by atoms with Crippen LogP contribution in [0.4, 0.5) is 11.5 Å². The van der Waals surface area contributed by atoms with Crippen LogP contribution in [0.1, 0.15) is 18.4 Å². The number of amides is 1. The minimum atomic E-state index is -0.136. The van der Waals surface area contributed by atoms with Gasteiger partial charge in [0, 0.05) is 29.6 Å². The number of ether oxygens (including phenoxy) is 1. The molecule has 0 aliphatic carbocycles. The van der Waals surface area contributed by atoms with Gasteiger partial charge >= 0.3 is 0 Å². The minimum absolute atomic E-state index is 0.0932. The van der Waals surface area contributed by atoms with E-state index in [0.717, 1.165) is 22.8 Å². The quantitative estimate of drug-likeness (QED) is 0.617. The van der Waals surface area contributed by atoms with Crippen molar-refractivity contribution < 1.29 is 9.53 Å². The van der Waals surface area contributed by atoms with Gasteiger partial charge in [-0.2, -0.15) is 5.26 Å². The van der Waals surface area contributed by atoms with Gasteiger partial charge in [-0.05, 0) is 67.4 Å². The Hall–Kier alpha value is -3.63. The molecule has 0 spiro atoms. The van der Waals surface area contributed by atoms with E-state index in [2.05, 4.69) is 26.5 Å². The van der Waals surface area contributed by atoms with E-state index in [4.69, 9.17) is 16.3 Å². The van der Waals surface area contributed by atoms with Crippen molar-refractivity contribution in [2.45, 2.75) is 12.8 Å². The number of nitriles is 1. The molecule has 8 heteroatoms. The van der Waals surface area contributed by atoms with Crippen LogP contribution in [0, 0.1) is 17.2 Å². The summed E-state index contributed by atoms with van der Waals surface area (Å²) in [5.74, 6) is 1.36. The second-order valence-corrected chi connectivity index (χ2v) is 7.99. The number of aromatic nitrogens is 2. The van der Waals surface area contributed by atoms with Gasteiger partial charge in [0.05, 0.1) is 24.1 Å². The molecule has 7 nitrogen and oxygen atoms in total. The summed E-state index contributed by atoms with van der Waals surface area (Å²) in [5, 5.41) is 21.3. The first kappa shape index (κ1) is 21.6. The Morgan fingerprint density at radius 3 is 2.50 bits per heavy atom. The maximum Gasteiger partial charge on any atom is 0.227 e. The Labute approximate surface area is 191 Å². The van der Waals surface area contributed by atoms with Gasteiger partial charge in [-0.25, -0.2) is 0 Å². The van der Waals surface area contributed by atoms with Crippen molar-refractivity contribution in [3.63, 3.8) is 0 Å². The first-order valence-corrected chi connectivity index (χ1v) is 10.7. The molecule has 1 fully saturated rings. The molecule has 1 aliphatic heterocycles. The number of rotatable bonds is 5. The topological polar surface area (TPSA) is 91.1 Å². The number of carbonyl (C=O) groups is 1. The highest BCUT2D eigenvalue weighted by Gasteiger charge is 2.26. The molecule has 4 rings (SSSR count). The fraction of sp³-hybridized carbons (Fsp3) is 0.250. The van der Waals surface area contributed by atoms with Gasteiger partial charge in [-0.15, -0.1) is 10.2 Å². The van der Waals surface area contributed by atoms with Crippen LogP contribution in [0.3, 0.4) is 0 Å². The van der Waals surface area contributed by atoms with Gasteiger partial charge in [-0.3, -0.25) is 4.79 Å². The van der Waals surface area contributed by atoms with Crippen molar-refractivity contribution in [2.75, 3.05) is 30.4 Å². The number of carbonyl (C=O) groups excluding carboxylic acids is 1. The zero-order chi connectivity index (χ0) is 22.5. The van der Waals surface area contributed by atoms with Crippen LogP contribution < -0.4 is 15.0 Å². The van der Waals surface area contributed by atoms with Crippen LogP contribution in [0.2, 0.25) is 5.02 Å². The molecule has 162 valence electrons. The number of nitrogens with one attached hydrogen (secondary N) is 1. The standard InChI is InChI=1S/C24H22ClN5O2/c1-32-20-6-3-16(4-7-20)21-8-9-23(29-28-21)30-12-10-17(11-13-30)24(31)27-22-14-19(25)5-2-18(22)15-26/h2-9,14,17H,10-13H2,1H3,(H,27,31). The highest BCUT2D eigenvalue weighted by molar-refractivity contribution is 6.31. The number of methoxy groups -OCH3 is 1. The maximum absolute atomic E-state index is 12.7. The molecule has 0 bridgehead atoms. The molecule has 2 heterocycles. The summed E-state index contributed by atoms with van der Waals surface area (Å²) in [6.07, 6.45) is 1.38. The SMILES string of the molecule is COc1ccc(-c2ccc(N3CCC(C(=O)Nc4cc(Cl)ccc4C#N)CC3)nn2)cc1. The Morgan fingerprint density at radius 2 is 1.88 bits per heavy atom. The van der Waals surface area contributed by atoms with E-state index >= 15 is 0 Å². The largest absolute Gasteiger partial charge is 0.497 e. The molecule has 0 unspecified atom stereocenters. The fourth-order valence-corrected chi connectivity index (χ4v) is 3.90. The average Bonchev–Trinajstić information content (AvgIpc) is 2.84. The van der Waals surface area contributed by atoms with E-state index in [1.165, 1.54) is 0 Å². The van der Waals surface area contributed by atoms with Crippen LogP contribution in [0.25, 0.3) is 11.3 Å². The molecule has 0 radical (unpaired) electrons. The third-order valence-corrected chi connectivity index (χ3v) is 5.82. The Bertz CT molecular complexity index is 1130. The number of benzene rings is 2. The molecule has 1 aliphatic rings. The fourth-order valence-electron chi connectivity index (χ4n) is 3.73. The number of anilines is 2. The molecular weight excluding hydrogens is 426 g/mol. The van der Waals surface area contributed by atoms with E-state index in [1.807, 2.05) is 36.4 Å². The van der Waals surface area contributed by atoms with Crippen molar-refractivity contribution in [3.05, 3.63) is 65.2 Å². The highest BCUT2D eigenvalue weighted by Crippen LogP contribution is 2.26. The van der Waals surface area contributed by atoms with Crippen molar-refractivity contribution >= 4 is 29.0 Å². The first-order valence-electron chi connectivity index (χ1n) is 10.3. The van der Waals surface area contributed by atoms with Crippen LogP contribution in [-0.2, 0) is 4.79 Å². The van der Waals surface area contributed by atoms with Gasteiger partial charge in [-0.1, -0.05) is 11.6 Å². The molecule has 1 aromatic heterocycles. The summed E-state index contributed by atoms with van der Waals surface area (Å²) in [5.41, 5.74) is 2.61. The number of nitrogens with zero attached hydrogens (tertiary/aromatic N) is 4.